The molecule has 0 bridgehead atoms. The molecule has 0 heterocycles. The van der Waals surface area contributed by atoms with Crippen LogP contribution in [-0.2, 0) is 4.74 Å². The lowest BCUT2D eigenvalue weighted by molar-refractivity contribution is -0.135. The molecule has 126 valence electrons. The Morgan fingerprint density at radius 1 is 1.14 bits per heavy atom. The predicted octanol–water partition coefficient (Wildman–Crippen LogP) is 3.61. The van der Waals surface area contributed by atoms with Gasteiger partial charge in [0.05, 0.1) is 0 Å². The van der Waals surface area contributed by atoms with Gasteiger partial charge in [-0.15, -0.1) is 0 Å². The van der Waals surface area contributed by atoms with Gasteiger partial charge in [0.2, 0.25) is 0 Å². The first-order valence-electron chi connectivity index (χ1n) is 7.18. The Bertz CT molecular complexity index is 314. The molecule has 21 heavy (non-hydrogen) atoms. The van der Waals surface area contributed by atoms with Crippen LogP contribution in [0.15, 0.2) is 0 Å². The SMILES string of the molecule is CC(CCCC(F)(F)F)NC(C)CNC(=O)OC(C)(C)C. The summed E-state index contributed by atoms with van der Waals surface area (Å²) in [5.74, 6) is 0. The molecule has 0 saturated heterocycles. The molecular formula is C14H27F3N2O2. The standard InChI is InChI=1S/C14H27F3N2O2/c1-10(7-6-8-14(15,16)17)19-11(2)9-18-12(20)21-13(3,4)5/h10-11,19H,6-9H2,1-5H3,(H,18,20). The molecule has 0 radical (unpaired) electrons. The zero-order valence-corrected chi connectivity index (χ0v) is 13.4. The number of nitrogens with one attached hydrogen (secondary N) is 2. The minimum Gasteiger partial charge on any atom is -0.444 e. The number of hydrogen-bond donors (Lipinski definition) is 2. The summed E-state index contributed by atoms with van der Waals surface area (Å²) >= 11 is 0. The zero-order chi connectivity index (χ0) is 16.7. The lowest BCUT2D eigenvalue weighted by Gasteiger charge is -2.23. The average molecular weight is 312 g/mol. The van der Waals surface area contributed by atoms with Gasteiger partial charge in [-0.3, -0.25) is 0 Å². The van der Waals surface area contributed by atoms with E-state index in [0.29, 0.717) is 13.0 Å². The van der Waals surface area contributed by atoms with Crippen LogP contribution >= 0.6 is 0 Å². The number of alkyl carbamates (subject to hydrolysis) is 1. The molecule has 0 rings (SSSR count). The van der Waals surface area contributed by atoms with Crippen molar-refractivity contribution in [1.29, 1.82) is 0 Å². The Balaban J connectivity index is 3.83. The van der Waals surface area contributed by atoms with Crippen LogP contribution in [0.2, 0.25) is 0 Å². The van der Waals surface area contributed by atoms with Crippen molar-refractivity contribution in [3.8, 4) is 0 Å². The van der Waals surface area contributed by atoms with Crippen LogP contribution in [0.4, 0.5) is 18.0 Å². The third-order valence-electron chi connectivity index (χ3n) is 2.62. The molecule has 2 N–H and O–H groups in total. The maximum atomic E-state index is 12.0. The highest BCUT2D eigenvalue weighted by Gasteiger charge is 2.26. The van der Waals surface area contributed by atoms with E-state index in [0.717, 1.165) is 0 Å². The van der Waals surface area contributed by atoms with Crippen LogP contribution in [0.25, 0.3) is 0 Å². The van der Waals surface area contributed by atoms with E-state index in [-0.39, 0.29) is 18.5 Å². The average Bonchev–Trinajstić information content (AvgIpc) is 2.22. The maximum absolute atomic E-state index is 12.0. The molecule has 4 nitrogen and oxygen atoms in total. The molecule has 0 aromatic carbocycles. The van der Waals surface area contributed by atoms with E-state index in [9.17, 15) is 18.0 Å². The lowest BCUT2D eigenvalue weighted by Crippen LogP contribution is -2.44. The second kappa shape index (κ2) is 8.46. The molecular weight excluding hydrogens is 285 g/mol. The highest BCUT2D eigenvalue weighted by molar-refractivity contribution is 5.67. The third kappa shape index (κ3) is 13.7. The van der Waals surface area contributed by atoms with Crippen LogP contribution < -0.4 is 10.6 Å². The van der Waals surface area contributed by atoms with Gasteiger partial charge in [-0.1, -0.05) is 0 Å². The first-order valence-corrected chi connectivity index (χ1v) is 7.18. The first-order chi connectivity index (χ1) is 9.39. The van der Waals surface area contributed by atoms with Crippen molar-refractivity contribution < 1.29 is 22.7 Å². The van der Waals surface area contributed by atoms with E-state index < -0.39 is 24.3 Å². The minimum atomic E-state index is -4.09. The van der Waals surface area contributed by atoms with Gasteiger partial charge in [-0.2, -0.15) is 13.2 Å². The number of alkyl halides is 3. The van der Waals surface area contributed by atoms with E-state index in [4.69, 9.17) is 4.74 Å². The zero-order valence-electron chi connectivity index (χ0n) is 13.4. The summed E-state index contributed by atoms with van der Waals surface area (Å²) in [6.45, 7) is 9.38. The van der Waals surface area contributed by atoms with E-state index in [2.05, 4.69) is 10.6 Å². The van der Waals surface area contributed by atoms with Crippen LogP contribution in [0, 0.1) is 0 Å². The summed E-state index contributed by atoms with van der Waals surface area (Å²) in [6, 6.07) is -0.0822. The molecule has 0 saturated carbocycles. The molecule has 7 heteroatoms. The van der Waals surface area contributed by atoms with Crippen molar-refractivity contribution in [3.63, 3.8) is 0 Å². The molecule has 0 aliphatic rings. The van der Waals surface area contributed by atoms with E-state index in [1.807, 2.05) is 13.8 Å². The van der Waals surface area contributed by atoms with Gasteiger partial charge >= 0.3 is 12.3 Å². The normalized spacial score (nSPS) is 15.4. The fraction of sp³-hybridized carbons (Fsp3) is 0.929. The van der Waals surface area contributed by atoms with Crippen LogP contribution in [0.5, 0.6) is 0 Å². The number of rotatable bonds is 7. The van der Waals surface area contributed by atoms with E-state index in [1.54, 1.807) is 20.8 Å². The van der Waals surface area contributed by atoms with Gasteiger partial charge in [-0.25, -0.2) is 4.79 Å². The fourth-order valence-electron chi connectivity index (χ4n) is 1.79. The van der Waals surface area contributed by atoms with Crippen molar-refractivity contribution in [2.24, 2.45) is 0 Å². The molecule has 0 aromatic heterocycles. The van der Waals surface area contributed by atoms with Gasteiger partial charge < -0.3 is 15.4 Å². The Kier molecular flexibility index (Phi) is 8.06. The van der Waals surface area contributed by atoms with E-state index in [1.165, 1.54) is 0 Å². The lowest BCUT2D eigenvalue weighted by atomic mass is 10.1. The van der Waals surface area contributed by atoms with Gasteiger partial charge in [0.15, 0.2) is 0 Å². The van der Waals surface area contributed by atoms with Crippen LogP contribution in [-0.4, -0.2) is 36.5 Å². The Morgan fingerprint density at radius 2 is 1.71 bits per heavy atom. The predicted molar refractivity (Wildman–Crippen MR) is 76.2 cm³/mol. The largest absolute Gasteiger partial charge is 0.444 e. The van der Waals surface area contributed by atoms with Gasteiger partial charge in [-0.05, 0) is 47.5 Å². The summed E-state index contributed by atoms with van der Waals surface area (Å²) in [4.78, 5) is 11.4. The topological polar surface area (TPSA) is 50.4 Å². The van der Waals surface area contributed by atoms with Crippen molar-refractivity contribution in [2.45, 2.75) is 77.7 Å². The van der Waals surface area contributed by atoms with Gasteiger partial charge in [0, 0.05) is 25.0 Å². The second-order valence-corrected chi connectivity index (χ2v) is 6.36. The highest BCUT2D eigenvalue weighted by Crippen LogP contribution is 2.22. The molecule has 0 aromatic rings. The molecule has 0 aliphatic carbocycles. The summed E-state index contributed by atoms with van der Waals surface area (Å²) in [7, 11) is 0. The fourth-order valence-corrected chi connectivity index (χ4v) is 1.79. The van der Waals surface area contributed by atoms with Crippen molar-refractivity contribution in [2.75, 3.05) is 6.54 Å². The number of carbonyl (C=O) groups excluding carboxylic acids is 1. The maximum Gasteiger partial charge on any atom is 0.407 e. The molecule has 1 amide bonds. The van der Waals surface area contributed by atoms with Gasteiger partial charge in [0.1, 0.15) is 5.60 Å². The van der Waals surface area contributed by atoms with Crippen molar-refractivity contribution >= 4 is 6.09 Å². The first kappa shape index (κ1) is 20.0. The molecule has 2 atom stereocenters. The molecule has 0 fully saturated rings. The third-order valence-corrected chi connectivity index (χ3v) is 2.62. The number of ether oxygens (including phenoxy) is 1. The molecule has 0 aliphatic heterocycles. The Labute approximate surface area is 124 Å². The highest BCUT2D eigenvalue weighted by atomic mass is 19.4. The summed E-state index contributed by atoms with van der Waals surface area (Å²) in [6.07, 6.45) is -4.81. The Hall–Kier alpha value is -0.980. The number of amides is 1. The van der Waals surface area contributed by atoms with E-state index >= 15 is 0 Å². The smallest absolute Gasteiger partial charge is 0.407 e. The Morgan fingerprint density at radius 3 is 2.19 bits per heavy atom. The second-order valence-electron chi connectivity index (χ2n) is 6.36. The summed E-state index contributed by atoms with van der Waals surface area (Å²) < 4.78 is 41.2. The summed E-state index contributed by atoms with van der Waals surface area (Å²) in [5.41, 5.74) is -0.550. The number of carbonyl (C=O) groups is 1. The minimum absolute atomic E-state index is 0.0391. The quantitative estimate of drug-likeness (QED) is 0.755. The number of hydrogen-bond acceptors (Lipinski definition) is 3. The molecule has 2 unspecified atom stereocenters. The monoisotopic (exact) mass is 312 g/mol. The van der Waals surface area contributed by atoms with Crippen molar-refractivity contribution in [3.05, 3.63) is 0 Å². The molecule has 0 spiro atoms. The van der Waals surface area contributed by atoms with Gasteiger partial charge in [0.25, 0.3) is 0 Å². The summed E-state index contributed by atoms with van der Waals surface area (Å²) in [5, 5.41) is 5.77. The van der Waals surface area contributed by atoms with Crippen LogP contribution in [0.1, 0.15) is 53.9 Å². The number of halogens is 3. The van der Waals surface area contributed by atoms with Crippen molar-refractivity contribution in [1.82, 2.24) is 10.6 Å². The van der Waals surface area contributed by atoms with Crippen LogP contribution in [0.3, 0.4) is 0 Å².